The molecule has 0 saturated carbocycles. The van der Waals surface area contributed by atoms with Gasteiger partial charge in [0.2, 0.25) is 5.91 Å². The standard InChI is InChI=1S/C17H19Cl2NO4/c18-14-3-1-2-12(17(14)19)4-5-15(21)20(9-6-16(22)23)13-7-10-24-11-8-13/h1-5,13H,6-11H2,(H,22,23)/b5-4+. The molecule has 1 fully saturated rings. The molecule has 0 radical (unpaired) electrons. The van der Waals surface area contributed by atoms with Crippen LogP contribution in [0.3, 0.4) is 0 Å². The zero-order valence-corrected chi connectivity index (χ0v) is 14.6. The van der Waals surface area contributed by atoms with Gasteiger partial charge < -0.3 is 14.7 Å². The van der Waals surface area contributed by atoms with E-state index < -0.39 is 5.97 Å². The smallest absolute Gasteiger partial charge is 0.305 e. The van der Waals surface area contributed by atoms with E-state index in [1.54, 1.807) is 29.2 Å². The van der Waals surface area contributed by atoms with Gasteiger partial charge in [0.25, 0.3) is 0 Å². The van der Waals surface area contributed by atoms with E-state index in [4.69, 9.17) is 33.0 Å². The molecule has 0 unspecified atom stereocenters. The molecule has 1 N–H and O–H groups in total. The molecule has 1 aromatic rings. The molecule has 24 heavy (non-hydrogen) atoms. The van der Waals surface area contributed by atoms with E-state index in [1.165, 1.54) is 6.08 Å². The summed E-state index contributed by atoms with van der Waals surface area (Å²) >= 11 is 12.1. The van der Waals surface area contributed by atoms with Gasteiger partial charge in [0.05, 0.1) is 16.5 Å². The van der Waals surface area contributed by atoms with Crippen molar-refractivity contribution in [3.05, 3.63) is 39.9 Å². The molecule has 0 atom stereocenters. The first-order valence-corrected chi connectivity index (χ1v) is 8.47. The zero-order valence-electron chi connectivity index (χ0n) is 13.1. The second-order valence-electron chi connectivity index (χ2n) is 5.50. The first-order chi connectivity index (χ1) is 11.5. The molecule has 2 rings (SSSR count). The van der Waals surface area contributed by atoms with Gasteiger partial charge in [-0.15, -0.1) is 0 Å². The topological polar surface area (TPSA) is 66.8 Å². The zero-order chi connectivity index (χ0) is 17.5. The normalized spacial score (nSPS) is 15.6. The van der Waals surface area contributed by atoms with Crippen LogP contribution < -0.4 is 0 Å². The Morgan fingerprint density at radius 3 is 2.67 bits per heavy atom. The highest BCUT2D eigenvalue weighted by Crippen LogP contribution is 2.26. The Morgan fingerprint density at radius 2 is 2.00 bits per heavy atom. The molecule has 1 aliphatic heterocycles. The van der Waals surface area contributed by atoms with Gasteiger partial charge in [-0.25, -0.2) is 0 Å². The average Bonchev–Trinajstić information content (AvgIpc) is 2.57. The number of hydrogen-bond donors (Lipinski definition) is 1. The second-order valence-corrected chi connectivity index (χ2v) is 6.28. The summed E-state index contributed by atoms with van der Waals surface area (Å²) in [6.45, 7) is 1.32. The van der Waals surface area contributed by atoms with Gasteiger partial charge in [-0.2, -0.15) is 0 Å². The van der Waals surface area contributed by atoms with Crippen LogP contribution in [0.1, 0.15) is 24.8 Å². The summed E-state index contributed by atoms with van der Waals surface area (Å²) in [5.74, 6) is -1.17. The molecule has 1 saturated heterocycles. The van der Waals surface area contributed by atoms with Crippen LogP contribution >= 0.6 is 23.2 Å². The van der Waals surface area contributed by atoms with Crippen molar-refractivity contribution < 1.29 is 19.4 Å². The summed E-state index contributed by atoms with van der Waals surface area (Å²) in [6.07, 6.45) is 4.33. The van der Waals surface area contributed by atoms with Gasteiger partial charge in [0, 0.05) is 31.9 Å². The van der Waals surface area contributed by atoms with Gasteiger partial charge in [-0.1, -0.05) is 35.3 Å². The predicted octanol–water partition coefficient (Wildman–Crippen LogP) is 3.49. The maximum atomic E-state index is 12.6. The van der Waals surface area contributed by atoms with Gasteiger partial charge in [0.1, 0.15) is 0 Å². The quantitative estimate of drug-likeness (QED) is 0.777. The summed E-state index contributed by atoms with van der Waals surface area (Å²) in [6, 6.07) is 5.17. The van der Waals surface area contributed by atoms with Crippen molar-refractivity contribution in [2.45, 2.75) is 25.3 Å². The molecule has 0 aliphatic carbocycles. The maximum Gasteiger partial charge on any atom is 0.305 e. The number of halogens is 2. The summed E-state index contributed by atoms with van der Waals surface area (Å²) < 4.78 is 5.31. The second kappa shape index (κ2) is 9.06. The number of nitrogens with zero attached hydrogens (tertiary/aromatic N) is 1. The fourth-order valence-corrected chi connectivity index (χ4v) is 2.96. The number of aliphatic carboxylic acids is 1. The van der Waals surface area contributed by atoms with Gasteiger partial charge in [-0.05, 0) is 30.5 Å². The molecule has 1 heterocycles. The summed E-state index contributed by atoms with van der Waals surface area (Å²) in [7, 11) is 0. The Bertz CT molecular complexity index is 627. The number of carboxylic acid groups (broad SMARTS) is 1. The molecule has 0 bridgehead atoms. The van der Waals surface area contributed by atoms with Crippen LogP contribution in [0.4, 0.5) is 0 Å². The highest BCUT2D eigenvalue weighted by Gasteiger charge is 2.24. The van der Waals surface area contributed by atoms with Crippen LogP contribution in [0.5, 0.6) is 0 Å². The highest BCUT2D eigenvalue weighted by atomic mass is 35.5. The number of benzene rings is 1. The maximum absolute atomic E-state index is 12.6. The van der Waals surface area contributed by atoms with Crippen molar-refractivity contribution in [2.75, 3.05) is 19.8 Å². The van der Waals surface area contributed by atoms with Gasteiger partial charge >= 0.3 is 5.97 Å². The Balaban J connectivity index is 2.12. The van der Waals surface area contributed by atoms with Crippen LogP contribution in [-0.2, 0) is 14.3 Å². The highest BCUT2D eigenvalue weighted by molar-refractivity contribution is 6.42. The van der Waals surface area contributed by atoms with Crippen molar-refractivity contribution >= 4 is 41.2 Å². The third kappa shape index (κ3) is 5.23. The summed E-state index contributed by atoms with van der Waals surface area (Å²) in [4.78, 5) is 25.0. The van der Waals surface area contributed by atoms with Crippen molar-refractivity contribution in [1.29, 1.82) is 0 Å². The van der Waals surface area contributed by atoms with Gasteiger partial charge in [0.15, 0.2) is 0 Å². The molecule has 0 spiro atoms. The lowest BCUT2D eigenvalue weighted by Crippen LogP contribution is -2.43. The van der Waals surface area contributed by atoms with Crippen LogP contribution in [0.2, 0.25) is 10.0 Å². The summed E-state index contributed by atoms with van der Waals surface area (Å²) in [5, 5.41) is 9.70. The number of carbonyl (C=O) groups excluding carboxylic acids is 1. The molecule has 1 aliphatic rings. The molecule has 0 aromatic heterocycles. The fourth-order valence-electron chi connectivity index (χ4n) is 2.59. The van der Waals surface area contributed by atoms with E-state index in [-0.39, 0.29) is 24.9 Å². The Kier molecular flexibility index (Phi) is 7.09. The molecule has 1 aromatic carbocycles. The largest absolute Gasteiger partial charge is 0.481 e. The predicted molar refractivity (Wildman–Crippen MR) is 93.3 cm³/mol. The molecule has 130 valence electrons. The van der Waals surface area contributed by atoms with E-state index in [2.05, 4.69) is 0 Å². The lowest BCUT2D eigenvalue weighted by Gasteiger charge is -2.33. The third-order valence-corrected chi connectivity index (χ3v) is 4.70. The van der Waals surface area contributed by atoms with Gasteiger partial charge in [-0.3, -0.25) is 9.59 Å². The molecule has 5 nitrogen and oxygen atoms in total. The Hall–Kier alpha value is -1.56. The Morgan fingerprint density at radius 1 is 1.29 bits per heavy atom. The van der Waals surface area contributed by atoms with Crippen LogP contribution in [0.15, 0.2) is 24.3 Å². The number of rotatable bonds is 6. The minimum Gasteiger partial charge on any atom is -0.481 e. The van der Waals surface area contributed by atoms with E-state index in [1.807, 2.05) is 0 Å². The van der Waals surface area contributed by atoms with Crippen LogP contribution in [0.25, 0.3) is 6.08 Å². The fraction of sp³-hybridized carbons (Fsp3) is 0.412. The number of carboxylic acids is 1. The van der Waals surface area contributed by atoms with E-state index in [0.29, 0.717) is 41.7 Å². The minimum absolute atomic E-state index is 0.00918. The van der Waals surface area contributed by atoms with E-state index in [9.17, 15) is 9.59 Å². The van der Waals surface area contributed by atoms with Crippen molar-refractivity contribution in [2.24, 2.45) is 0 Å². The molecule has 1 amide bonds. The number of hydrogen-bond acceptors (Lipinski definition) is 3. The van der Waals surface area contributed by atoms with Crippen molar-refractivity contribution in [3.63, 3.8) is 0 Å². The Labute approximate surface area is 150 Å². The first-order valence-electron chi connectivity index (χ1n) is 7.71. The van der Waals surface area contributed by atoms with Crippen molar-refractivity contribution in [3.8, 4) is 0 Å². The van der Waals surface area contributed by atoms with Crippen LogP contribution in [0, 0.1) is 0 Å². The first kappa shape index (κ1) is 18.8. The van der Waals surface area contributed by atoms with Crippen molar-refractivity contribution in [1.82, 2.24) is 4.90 Å². The number of ether oxygens (including phenoxy) is 1. The average molecular weight is 372 g/mol. The third-order valence-electron chi connectivity index (χ3n) is 3.87. The molecular formula is C17H19Cl2NO4. The lowest BCUT2D eigenvalue weighted by atomic mass is 10.1. The monoisotopic (exact) mass is 371 g/mol. The molecular weight excluding hydrogens is 353 g/mol. The van der Waals surface area contributed by atoms with E-state index >= 15 is 0 Å². The SMILES string of the molecule is O=C(O)CCN(C(=O)/C=C/c1cccc(Cl)c1Cl)C1CCOCC1. The molecule has 7 heteroatoms. The lowest BCUT2D eigenvalue weighted by molar-refractivity contribution is -0.138. The van der Waals surface area contributed by atoms with Crippen LogP contribution in [-0.4, -0.2) is 47.7 Å². The minimum atomic E-state index is -0.929. The van der Waals surface area contributed by atoms with E-state index in [0.717, 1.165) is 0 Å². The number of amides is 1. The summed E-state index contributed by atoms with van der Waals surface area (Å²) in [5.41, 5.74) is 0.641. The number of carbonyl (C=O) groups is 2.